The molecule has 0 bridgehead atoms. The Morgan fingerprint density at radius 1 is 0.348 bits per heavy atom. The maximum atomic E-state index is 2.66. The molecule has 0 amide bonds. The average Bonchev–Trinajstić information content (AvgIpc) is 3.33. The summed E-state index contributed by atoms with van der Waals surface area (Å²) in [5, 5.41) is 7.68. The van der Waals surface area contributed by atoms with Gasteiger partial charge in [-0.05, 0) is 136 Å². The minimum Gasteiger partial charge on any atom is -0.310 e. The first-order valence-corrected chi connectivity index (χ1v) is 23.4. The Morgan fingerprint density at radius 3 is 1.50 bits per heavy atom. The van der Waals surface area contributed by atoms with Gasteiger partial charge in [-0.25, -0.2) is 0 Å². The quantitative estimate of drug-likeness (QED) is 0.119. The molecular formula is C64H50BN. The molecule has 66 heavy (non-hydrogen) atoms. The molecule has 0 aromatic heterocycles. The van der Waals surface area contributed by atoms with Crippen LogP contribution in [0.3, 0.4) is 0 Å². The van der Waals surface area contributed by atoms with Gasteiger partial charge < -0.3 is 4.90 Å². The van der Waals surface area contributed by atoms with Crippen molar-refractivity contribution in [3.63, 3.8) is 0 Å². The SMILES string of the molecule is Cc1cc(C)c(B2c3ccccc3N(c3c(C)cc(C)cc3C)c3c2c(-c2ccccc2-c2ccccc2)c2ccc4ccc(-c5ccccc5-c5ccccc5)c5ccc3c2c45)c(C)c1. The molecule has 0 spiro atoms. The summed E-state index contributed by atoms with van der Waals surface area (Å²) >= 11 is 0. The van der Waals surface area contributed by atoms with Crippen molar-refractivity contribution < 1.29 is 0 Å². The highest BCUT2D eigenvalue weighted by Crippen LogP contribution is 2.51. The Labute approximate surface area is 389 Å². The lowest BCUT2D eigenvalue weighted by atomic mass is 9.32. The highest BCUT2D eigenvalue weighted by molar-refractivity contribution is 6.99. The molecule has 11 aromatic rings. The van der Waals surface area contributed by atoms with Crippen LogP contribution in [0.5, 0.6) is 0 Å². The summed E-state index contributed by atoms with van der Waals surface area (Å²) in [5.74, 6) is 0. The van der Waals surface area contributed by atoms with E-state index in [0.717, 1.165) is 0 Å². The van der Waals surface area contributed by atoms with Gasteiger partial charge in [-0.3, -0.25) is 0 Å². The van der Waals surface area contributed by atoms with Crippen LogP contribution in [-0.4, -0.2) is 6.71 Å². The van der Waals surface area contributed by atoms with Crippen LogP contribution in [0.15, 0.2) is 194 Å². The van der Waals surface area contributed by atoms with Gasteiger partial charge >= 0.3 is 0 Å². The molecule has 1 nitrogen and oxygen atoms in total. The van der Waals surface area contributed by atoms with Gasteiger partial charge in [0.05, 0.1) is 5.69 Å². The van der Waals surface area contributed by atoms with Crippen molar-refractivity contribution in [2.24, 2.45) is 0 Å². The smallest absolute Gasteiger partial charge is 0.248 e. The van der Waals surface area contributed by atoms with Gasteiger partial charge in [-0.1, -0.05) is 216 Å². The number of anilines is 3. The summed E-state index contributed by atoms with van der Waals surface area (Å²) in [7, 11) is 0. The molecular weight excluding hydrogens is 794 g/mol. The van der Waals surface area contributed by atoms with Gasteiger partial charge in [0.2, 0.25) is 6.71 Å². The van der Waals surface area contributed by atoms with Crippen molar-refractivity contribution in [1.82, 2.24) is 0 Å². The fraction of sp³-hybridized carbons (Fsp3) is 0.0938. The number of rotatable bonds is 6. The van der Waals surface area contributed by atoms with Crippen molar-refractivity contribution >= 4 is 72.5 Å². The van der Waals surface area contributed by atoms with Gasteiger partial charge in [0.15, 0.2) is 0 Å². The Kier molecular flexibility index (Phi) is 9.36. The first kappa shape index (κ1) is 39.9. The number of fused-ring (bicyclic) bond motifs is 3. The van der Waals surface area contributed by atoms with Crippen molar-refractivity contribution in [3.8, 4) is 44.5 Å². The Morgan fingerprint density at radius 2 is 0.848 bits per heavy atom. The van der Waals surface area contributed by atoms with E-state index in [2.05, 4.69) is 241 Å². The third-order valence-corrected chi connectivity index (χ3v) is 14.4. The molecule has 0 N–H and O–H groups in total. The minimum atomic E-state index is -0.0480. The second-order valence-corrected chi connectivity index (χ2v) is 18.7. The van der Waals surface area contributed by atoms with E-state index >= 15 is 0 Å². The van der Waals surface area contributed by atoms with Gasteiger partial charge in [-0.2, -0.15) is 0 Å². The molecule has 0 saturated carbocycles. The van der Waals surface area contributed by atoms with Crippen molar-refractivity contribution in [2.75, 3.05) is 4.90 Å². The number of para-hydroxylation sites is 1. The van der Waals surface area contributed by atoms with E-state index in [1.807, 2.05) is 0 Å². The average molecular weight is 844 g/mol. The summed E-state index contributed by atoms with van der Waals surface area (Å²) in [6.07, 6.45) is 0. The van der Waals surface area contributed by atoms with E-state index in [1.165, 1.54) is 144 Å². The van der Waals surface area contributed by atoms with Crippen molar-refractivity contribution in [2.45, 2.75) is 41.5 Å². The van der Waals surface area contributed by atoms with E-state index in [-0.39, 0.29) is 6.71 Å². The number of nitrogens with zero attached hydrogens (tertiary/aromatic N) is 1. The summed E-state index contributed by atoms with van der Waals surface area (Å²) < 4.78 is 0. The zero-order valence-electron chi connectivity index (χ0n) is 38.5. The molecule has 0 atom stereocenters. The van der Waals surface area contributed by atoms with Crippen molar-refractivity contribution in [3.05, 3.63) is 228 Å². The van der Waals surface area contributed by atoms with E-state index < -0.39 is 0 Å². The molecule has 0 fully saturated rings. The Balaban J connectivity index is 1.31. The highest BCUT2D eigenvalue weighted by atomic mass is 15.2. The lowest BCUT2D eigenvalue weighted by molar-refractivity contribution is 1.21. The van der Waals surface area contributed by atoms with E-state index in [0.29, 0.717) is 0 Å². The fourth-order valence-electron chi connectivity index (χ4n) is 12.1. The third-order valence-electron chi connectivity index (χ3n) is 14.4. The molecule has 0 aliphatic carbocycles. The number of aryl methyl sites for hydroxylation is 6. The molecule has 2 heteroatoms. The minimum absolute atomic E-state index is 0.0480. The van der Waals surface area contributed by atoms with Crippen LogP contribution in [0.4, 0.5) is 17.1 Å². The highest BCUT2D eigenvalue weighted by Gasteiger charge is 2.42. The summed E-state index contributed by atoms with van der Waals surface area (Å²) in [6.45, 7) is 13.7. The van der Waals surface area contributed by atoms with Crippen LogP contribution in [0.2, 0.25) is 0 Å². The Hall–Kier alpha value is -7.68. The van der Waals surface area contributed by atoms with Crippen LogP contribution in [-0.2, 0) is 0 Å². The first-order chi connectivity index (χ1) is 32.3. The first-order valence-electron chi connectivity index (χ1n) is 23.4. The zero-order valence-corrected chi connectivity index (χ0v) is 38.5. The molecule has 314 valence electrons. The molecule has 0 saturated heterocycles. The zero-order chi connectivity index (χ0) is 44.8. The molecule has 12 rings (SSSR count). The van der Waals surface area contributed by atoms with Crippen LogP contribution >= 0.6 is 0 Å². The number of hydrogen-bond acceptors (Lipinski definition) is 1. The van der Waals surface area contributed by atoms with Crippen LogP contribution < -0.4 is 21.3 Å². The van der Waals surface area contributed by atoms with Gasteiger partial charge in [0, 0.05) is 22.1 Å². The van der Waals surface area contributed by atoms with Gasteiger partial charge in [0.25, 0.3) is 0 Å². The van der Waals surface area contributed by atoms with E-state index in [1.54, 1.807) is 0 Å². The molecule has 1 aliphatic heterocycles. The van der Waals surface area contributed by atoms with Crippen molar-refractivity contribution in [1.29, 1.82) is 0 Å². The summed E-state index contributed by atoms with van der Waals surface area (Å²) in [5.41, 5.74) is 25.5. The lowest BCUT2D eigenvalue weighted by Crippen LogP contribution is -2.59. The fourth-order valence-corrected chi connectivity index (χ4v) is 12.1. The topological polar surface area (TPSA) is 3.24 Å². The maximum absolute atomic E-state index is 2.66. The number of hydrogen-bond donors (Lipinski definition) is 0. The largest absolute Gasteiger partial charge is 0.310 e. The molecule has 0 radical (unpaired) electrons. The van der Waals surface area contributed by atoms with Gasteiger partial charge in [0.1, 0.15) is 0 Å². The second-order valence-electron chi connectivity index (χ2n) is 18.7. The molecule has 1 heterocycles. The summed E-state index contributed by atoms with van der Waals surface area (Å²) in [4.78, 5) is 2.66. The standard InChI is InChI=1S/C64H50BN/c1-39-35-41(3)61(42(4)36-39)65-56-27-17-18-28-57(56)66(63-43(5)37-40(2)38-44(63)6)64-55-34-33-53-51(50-25-15-13-23-48(50)45-19-9-7-10-20-45)31-29-47-30-32-54(59(55)58(47)53)60(62(64)65)52-26-16-14-24-49(52)46-21-11-8-12-22-46/h7-38H,1-6H3. The number of benzene rings is 11. The lowest BCUT2D eigenvalue weighted by Gasteiger charge is -2.42. The maximum Gasteiger partial charge on any atom is 0.248 e. The third kappa shape index (κ3) is 6.08. The normalized spacial score (nSPS) is 12.3. The van der Waals surface area contributed by atoms with E-state index in [9.17, 15) is 0 Å². The molecule has 0 unspecified atom stereocenters. The predicted octanol–water partition coefficient (Wildman–Crippen LogP) is 15.4. The van der Waals surface area contributed by atoms with Crippen LogP contribution in [0.1, 0.15) is 33.4 Å². The molecule has 1 aliphatic rings. The van der Waals surface area contributed by atoms with Crippen LogP contribution in [0.25, 0.3) is 76.8 Å². The summed E-state index contributed by atoms with van der Waals surface area (Å²) in [6, 6.07) is 73.1. The predicted molar refractivity (Wildman–Crippen MR) is 286 cm³/mol. The Bertz CT molecular complexity index is 3670. The van der Waals surface area contributed by atoms with Crippen LogP contribution in [0, 0.1) is 41.5 Å². The van der Waals surface area contributed by atoms with E-state index in [4.69, 9.17) is 0 Å². The van der Waals surface area contributed by atoms with Gasteiger partial charge in [-0.15, -0.1) is 0 Å². The monoisotopic (exact) mass is 843 g/mol. The second kappa shape index (κ2) is 15.5. The molecule has 11 aromatic carbocycles.